The fourth-order valence-electron chi connectivity index (χ4n) is 2.69. The second-order valence-corrected chi connectivity index (χ2v) is 6.16. The Hall–Kier alpha value is -2.15. The zero-order chi connectivity index (χ0) is 17.5. The van der Waals surface area contributed by atoms with E-state index in [4.69, 9.17) is 11.6 Å². The summed E-state index contributed by atoms with van der Waals surface area (Å²) in [7, 11) is 0. The molecule has 0 saturated carbocycles. The molecular weight excluding hydrogens is 334 g/mol. The van der Waals surface area contributed by atoms with Crippen LogP contribution >= 0.6 is 11.6 Å². The number of hydrogen-bond donors (Lipinski definition) is 1. The van der Waals surface area contributed by atoms with Crippen LogP contribution in [0.25, 0.3) is 0 Å². The third kappa shape index (κ3) is 4.92. The molecule has 1 aromatic rings. The lowest BCUT2D eigenvalue weighted by Crippen LogP contribution is -2.34. The first-order valence-corrected chi connectivity index (χ1v) is 8.37. The monoisotopic (exact) mass is 353 g/mol. The van der Waals surface area contributed by atoms with Crippen molar-refractivity contribution in [1.82, 2.24) is 10.2 Å². The normalized spacial score (nSPS) is 15.0. The summed E-state index contributed by atoms with van der Waals surface area (Å²) >= 11 is 5.81. The summed E-state index contributed by atoms with van der Waals surface area (Å²) in [6.07, 6.45) is 4.20. The van der Waals surface area contributed by atoms with Crippen molar-refractivity contribution in [2.24, 2.45) is 0 Å². The number of nitrogens with one attached hydrogen (secondary N) is 1. The van der Waals surface area contributed by atoms with Gasteiger partial charge in [-0.2, -0.15) is 0 Å². The van der Waals surface area contributed by atoms with Gasteiger partial charge in [-0.15, -0.1) is 0 Å². The van der Waals surface area contributed by atoms with Gasteiger partial charge in [0.05, 0.1) is 4.92 Å². The number of rotatable bonds is 6. The van der Waals surface area contributed by atoms with Crippen LogP contribution in [0.2, 0.25) is 5.02 Å². The topological polar surface area (TPSA) is 92.6 Å². The van der Waals surface area contributed by atoms with Crippen LogP contribution in [-0.4, -0.2) is 41.3 Å². The molecule has 2 amide bonds. The van der Waals surface area contributed by atoms with Crippen molar-refractivity contribution < 1.29 is 14.5 Å². The number of carbonyl (C=O) groups is 2. The lowest BCUT2D eigenvalue weighted by atomic mass is 10.1. The summed E-state index contributed by atoms with van der Waals surface area (Å²) in [5, 5.41) is 13.9. The van der Waals surface area contributed by atoms with Gasteiger partial charge in [-0.05, 0) is 31.4 Å². The van der Waals surface area contributed by atoms with Gasteiger partial charge in [-0.25, -0.2) is 0 Å². The molecule has 0 aliphatic carbocycles. The highest BCUT2D eigenvalue weighted by Crippen LogP contribution is 2.22. The Kier molecular flexibility index (Phi) is 6.54. The van der Waals surface area contributed by atoms with E-state index in [1.54, 1.807) is 0 Å². The third-order valence-electron chi connectivity index (χ3n) is 3.96. The molecule has 0 atom stereocenters. The number of halogens is 1. The lowest BCUT2D eigenvalue weighted by molar-refractivity contribution is -0.385. The van der Waals surface area contributed by atoms with Gasteiger partial charge in [0.15, 0.2) is 0 Å². The van der Waals surface area contributed by atoms with Crippen LogP contribution in [-0.2, 0) is 4.79 Å². The van der Waals surface area contributed by atoms with Crippen LogP contribution in [0.15, 0.2) is 18.2 Å². The molecular formula is C16H20ClN3O4. The van der Waals surface area contributed by atoms with Crippen molar-refractivity contribution in [2.45, 2.75) is 32.1 Å². The molecule has 0 aromatic heterocycles. The van der Waals surface area contributed by atoms with Crippen LogP contribution in [0.3, 0.4) is 0 Å². The van der Waals surface area contributed by atoms with Crippen LogP contribution in [0.5, 0.6) is 0 Å². The van der Waals surface area contributed by atoms with E-state index in [2.05, 4.69) is 5.32 Å². The molecule has 7 nitrogen and oxygen atoms in total. The van der Waals surface area contributed by atoms with E-state index >= 15 is 0 Å². The number of nitro groups is 1. The Bertz CT molecular complexity index is 636. The highest BCUT2D eigenvalue weighted by atomic mass is 35.5. The van der Waals surface area contributed by atoms with Gasteiger partial charge >= 0.3 is 0 Å². The second kappa shape index (κ2) is 8.63. The van der Waals surface area contributed by atoms with Gasteiger partial charge < -0.3 is 10.2 Å². The van der Waals surface area contributed by atoms with E-state index < -0.39 is 10.8 Å². The van der Waals surface area contributed by atoms with Gasteiger partial charge in [-0.1, -0.05) is 18.0 Å². The van der Waals surface area contributed by atoms with Gasteiger partial charge in [0, 0.05) is 37.1 Å². The van der Waals surface area contributed by atoms with E-state index in [0.29, 0.717) is 25.9 Å². The SMILES string of the molecule is O=C(NCCCN1CCCCCC1=O)c1cc(Cl)ccc1[N+](=O)[O-]. The molecule has 0 unspecified atom stereocenters. The predicted octanol–water partition coefficient (Wildman–Crippen LogP) is 2.77. The molecule has 24 heavy (non-hydrogen) atoms. The maximum absolute atomic E-state index is 12.1. The van der Waals surface area contributed by atoms with E-state index in [9.17, 15) is 19.7 Å². The minimum absolute atomic E-state index is 0.0571. The summed E-state index contributed by atoms with van der Waals surface area (Å²) in [5.41, 5.74) is -0.335. The van der Waals surface area contributed by atoms with Crippen molar-refractivity contribution in [3.63, 3.8) is 0 Å². The van der Waals surface area contributed by atoms with Crippen molar-refractivity contribution in [1.29, 1.82) is 0 Å². The summed E-state index contributed by atoms with van der Waals surface area (Å²) < 4.78 is 0. The minimum Gasteiger partial charge on any atom is -0.352 e. The highest BCUT2D eigenvalue weighted by molar-refractivity contribution is 6.31. The number of amides is 2. The minimum atomic E-state index is -0.610. The molecule has 0 radical (unpaired) electrons. The van der Waals surface area contributed by atoms with Gasteiger partial charge in [0.2, 0.25) is 5.91 Å². The second-order valence-electron chi connectivity index (χ2n) is 5.72. The maximum Gasteiger partial charge on any atom is 0.282 e. The molecule has 1 aliphatic heterocycles. The Labute approximate surface area is 145 Å². The molecule has 1 fully saturated rings. The highest BCUT2D eigenvalue weighted by Gasteiger charge is 2.20. The number of carbonyl (C=O) groups excluding carboxylic acids is 2. The smallest absolute Gasteiger partial charge is 0.282 e. The Morgan fingerprint density at radius 3 is 2.88 bits per heavy atom. The number of benzene rings is 1. The molecule has 0 bridgehead atoms. The first-order valence-electron chi connectivity index (χ1n) is 7.99. The molecule has 1 aliphatic rings. The van der Waals surface area contributed by atoms with E-state index in [1.165, 1.54) is 18.2 Å². The molecule has 130 valence electrons. The van der Waals surface area contributed by atoms with Crippen LogP contribution in [0.1, 0.15) is 42.5 Å². The van der Waals surface area contributed by atoms with Gasteiger partial charge in [0.1, 0.15) is 5.56 Å². The fourth-order valence-corrected chi connectivity index (χ4v) is 2.86. The van der Waals surface area contributed by atoms with Crippen molar-refractivity contribution >= 4 is 29.1 Å². The maximum atomic E-state index is 12.1. The predicted molar refractivity (Wildman–Crippen MR) is 90.1 cm³/mol. The molecule has 1 aromatic carbocycles. The summed E-state index contributed by atoms with van der Waals surface area (Å²) in [6, 6.07) is 3.88. The van der Waals surface area contributed by atoms with Gasteiger partial charge in [0.25, 0.3) is 11.6 Å². The Morgan fingerprint density at radius 1 is 1.33 bits per heavy atom. The largest absolute Gasteiger partial charge is 0.352 e. The molecule has 2 rings (SSSR count). The molecule has 1 N–H and O–H groups in total. The average Bonchev–Trinajstić information content (AvgIpc) is 2.75. The molecule has 1 saturated heterocycles. The first-order chi connectivity index (χ1) is 11.5. The number of hydrogen-bond acceptors (Lipinski definition) is 4. The molecule has 1 heterocycles. The third-order valence-corrected chi connectivity index (χ3v) is 4.20. The Balaban J connectivity index is 1.86. The first kappa shape index (κ1) is 18.2. The zero-order valence-electron chi connectivity index (χ0n) is 13.3. The quantitative estimate of drug-likeness (QED) is 0.483. The fraction of sp³-hybridized carbons (Fsp3) is 0.500. The summed E-state index contributed by atoms with van der Waals surface area (Å²) in [5.74, 6) is -0.379. The standard InChI is InChI=1S/C16H20ClN3O4/c17-12-6-7-14(20(23)24)13(11-12)16(22)18-8-4-10-19-9-3-1-2-5-15(19)21/h6-7,11H,1-5,8-10H2,(H,18,22). The van der Waals surface area contributed by atoms with E-state index in [0.717, 1.165) is 25.8 Å². The molecule has 8 heteroatoms. The summed E-state index contributed by atoms with van der Waals surface area (Å²) in [4.78, 5) is 36.2. The van der Waals surface area contributed by atoms with Crippen LogP contribution < -0.4 is 5.32 Å². The average molecular weight is 354 g/mol. The summed E-state index contributed by atoms with van der Waals surface area (Å²) in [6.45, 7) is 1.68. The number of likely N-dealkylation sites (tertiary alicyclic amines) is 1. The zero-order valence-corrected chi connectivity index (χ0v) is 14.1. The van der Waals surface area contributed by atoms with Gasteiger partial charge in [-0.3, -0.25) is 19.7 Å². The molecule has 0 spiro atoms. The number of nitro benzene ring substituents is 1. The van der Waals surface area contributed by atoms with Crippen molar-refractivity contribution in [2.75, 3.05) is 19.6 Å². The van der Waals surface area contributed by atoms with Crippen molar-refractivity contribution in [3.05, 3.63) is 38.9 Å². The Morgan fingerprint density at radius 2 is 2.12 bits per heavy atom. The van der Waals surface area contributed by atoms with Crippen LogP contribution in [0, 0.1) is 10.1 Å². The lowest BCUT2D eigenvalue weighted by Gasteiger charge is -2.20. The van der Waals surface area contributed by atoms with E-state index in [-0.39, 0.29) is 22.2 Å². The number of nitrogens with zero attached hydrogens (tertiary/aromatic N) is 2. The van der Waals surface area contributed by atoms with E-state index in [1.807, 2.05) is 4.90 Å². The van der Waals surface area contributed by atoms with Crippen LogP contribution in [0.4, 0.5) is 5.69 Å². The van der Waals surface area contributed by atoms with Crippen molar-refractivity contribution in [3.8, 4) is 0 Å².